The highest BCUT2D eigenvalue weighted by molar-refractivity contribution is 5.38. The minimum atomic E-state index is 0.678. The van der Waals surface area contributed by atoms with E-state index < -0.39 is 0 Å². The van der Waals surface area contributed by atoms with Gasteiger partial charge in [-0.2, -0.15) is 5.10 Å². The molecule has 0 atom stereocenters. The van der Waals surface area contributed by atoms with Gasteiger partial charge < -0.3 is 5.32 Å². The van der Waals surface area contributed by atoms with E-state index in [2.05, 4.69) is 21.6 Å². The number of hydrogen-bond acceptors (Lipinski definition) is 3. The number of aryl methyl sites for hydroxylation is 1. The molecule has 0 saturated heterocycles. The van der Waals surface area contributed by atoms with Gasteiger partial charge in [0, 0.05) is 36.6 Å². The Morgan fingerprint density at radius 1 is 1.26 bits per heavy atom. The molecule has 0 radical (unpaired) electrons. The molecule has 0 aliphatic heterocycles. The van der Waals surface area contributed by atoms with E-state index in [-0.39, 0.29) is 0 Å². The molecule has 19 heavy (non-hydrogen) atoms. The van der Waals surface area contributed by atoms with Crippen molar-refractivity contribution in [3.63, 3.8) is 0 Å². The SMILES string of the molecule is Cc1cc2ncc(CNC3CCCCCC3)cn2n1. The highest BCUT2D eigenvalue weighted by Crippen LogP contribution is 2.17. The summed E-state index contributed by atoms with van der Waals surface area (Å²) in [7, 11) is 0. The van der Waals surface area contributed by atoms with Gasteiger partial charge in [-0.05, 0) is 19.8 Å². The lowest BCUT2D eigenvalue weighted by Crippen LogP contribution is -2.28. The van der Waals surface area contributed by atoms with E-state index >= 15 is 0 Å². The number of fused-ring (bicyclic) bond motifs is 1. The summed E-state index contributed by atoms with van der Waals surface area (Å²) in [4.78, 5) is 4.44. The molecule has 1 aliphatic rings. The molecule has 2 heterocycles. The van der Waals surface area contributed by atoms with Crippen LogP contribution in [0.2, 0.25) is 0 Å². The van der Waals surface area contributed by atoms with Gasteiger partial charge in [-0.3, -0.25) is 0 Å². The van der Waals surface area contributed by atoms with Crippen LogP contribution >= 0.6 is 0 Å². The first-order chi connectivity index (χ1) is 9.31. The Bertz CT molecular complexity index is 538. The first-order valence-corrected chi connectivity index (χ1v) is 7.35. The topological polar surface area (TPSA) is 42.2 Å². The second kappa shape index (κ2) is 5.70. The molecule has 102 valence electrons. The fourth-order valence-corrected chi connectivity index (χ4v) is 2.87. The lowest BCUT2D eigenvalue weighted by molar-refractivity contribution is 0.458. The lowest BCUT2D eigenvalue weighted by Gasteiger charge is -2.15. The minimum Gasteiger partial charge on any atom is -0.310 e. The van der Waals surface area contributed by atoms with Crippen LogP contribution in [0.1, 0.15) is 49.8 Å². The van der Waals surface area contributed by atoms with Crippen molar-refractivity contribution >= 4 is 5.65 Å². The number of nitrogens with zero attached hydrogens (tertiary/aromatic N) is 3. The van der Waals surface area contributed by atoms with Gasteiger partial charge in [0.05, 0.1) is 5.69 Å². The molecule has 1 saturated carbocycles. The van der Waals surface area contributed by atoms with Crippen molar-refractivity contribution < 1.29 is 0 Å². The van der Waals surface area contributed by atoms with Crippen molar-refractivity contribution in [2.75, 3.05) is 0 Å². The van der Waals surface area contributed by atoms with Gasteiger partial charge in [0.15, 0.2) is 5.65 Å². The average Bonchev–Trinajstić information content (AvgIpc) is 2.62. The van der Waals surface area contributed by atoms with Crippen LogP contribution < -0.4 is 5.32 Å². The summed E-state index contributed by atoms with van der Waals surface area (Å²) in [6.45, 7) is 2.89. The summed E-state index contributed by atoms with van der Waals surface area (Å²) in [5.41, 5.74) is 3.15. The Kier molecular flexibility index (Phi) is 3.78. The summed E-state index contributed by atoms with van der Waals surface area (Å²) >= 11 is 0. The molecule has 0 bridgehead atoms. The average molecular weight is 258 g/mol. The van der Waals surface area contributed by atoms with E-state index in [4.69, 9.17) is 0 Å². The minimum absolute atomic E-state index is 0.678. The first-order valence-electron chi connectivity index (χ1n) is 7.35. The molecule has 0 aromatic carbocycles. The smallest absolute Gasteiger partial charge is 0.155 e. The number of nitrogens with one attached hydrogen (secondary N) is 1. The predicted molar refractivity (Wildman–Crippen MR) is 76.1 cm³/mol. The normalized spacial score (nSPS) is 17.7. The predicted octanol–water partition coefficient (Wildman–Crippen LogP) is 2.85. The van der Waals surface area contributed by atoms with Gasteiger partial charge in [0.1, 0.15) is 0 Å². The Morgan fingerprint density at radius 3 is 2.84 bits per heavy atom. The van der Waals surface area contributed by atoms with Crippen molar-refractivity contribution in [1.29, 1.82) is 0 Å². The largest absolute Gasteiger partial charge is 0.310 e. The maximum Gasteiger partial charge on any atom is 0.155 e. The fraction of sp³-hybridized carbons (Fsp3) is 0.600. The van der Waals surface area contributed by atoms with E-state index in [0.29, 0.717) is 6.04 Å². The fourth-order valence-electron chi connectivity index (χ4n) is 2.87. The van der Waals surface area contributed by atoms with Crippen LogP contribution in [0.25, 0.3) is 5.65 Å². The van der Waals surface area contributed by atoms with Crippen LogP contribution in [0.5, 0.6) is 0 Å². The van der Waals surface area contributed by atoms with Gasteiger partial charge in [0.2, 0.25) is 0 Å². The summed E-state index contributed by atoms with van der Waals surface area (Å²) in [5.74, 6) is 0. The maximum absolute atomic E-state index is 4.44. The Morgan fingerprint density at radius 2 is 2.05 bits per heavy atom. The van der Waals surface area contributed by atoms with Crippen LogP contribution in [0.4, 0.5) is 0 Å². The number of rotatable bonds is 3. The monoisotopic (exact) mass is 258 g/mol. The van der Waals surface area contributed by atoms with Gasteiger partial charge in [-0.25, -0.2) is 9.50 Å². The molecule has 3 rings (SSSR count). The van der Waals surface area contributed by atoms with Gasteiger partial charge in [-0.15, -0.1) is 0 Å². The second-order valence-electron chi connectivity index (χ2n) is 5.62. The molecule has 1 fully saturated rings. The van der Waals surface area contributed by atoms with Crippen LogP contribution in [0.15, 0.2) is 18.5 Å². The molecule has 0 amide bonds. The van der Waals surface area contributed by atoms with E-state index in [1.165, 1.54) is 44.1 Å². The molecular formula is C15H22N4. The molecule has 0 spiro atoms. The Labute approximate surface area is 114 Å². The van der Waals surface area contributed by atoms with Crippen molar-refractivity contribution in [3.8, 4) is 0 Å². The molecule has 1 N–H and O–H groups in total. The van der Waals surface area contributed by atoms with Gasteiger partial charge >= 0.3 is 0 Å². The number of aromatic nitrogens is 3. The number of hydrogen-bond donors (Lipinski definition) is 1. The van der Waals surface area contributed by atoms with Gasteiger partial charge in [0.25, 0.3) is 0 Å². The van der Waals surface area contributed by atoms with Crippen molar-refractivity contribution in [3.05, 3.63) is 29.7 Å². The third-order valence-corrected chi connectivity index (χ3v) is 3.94. The summed E-state index contributed by atoms with van der Waals surface area (Å²) in [6, 6.07) is 2.68. The Hall–Kier alpha value is -1.42. The zero-order chi connectivity index (χ0) is 13.1. The zero-order valence-corrected chi connectivity index (χ0v) is 11.6. The summed E-state index contributed by atoms with van der Waals surface area (Å²) in [6.07, 6.45) is 12.2. The van der Waals surface area contributed by atoms with Crippen molar-refractivity contribution in [2.24, 2.45) is 0 Å². The molecule has 1 aliphatic carbocycles. The van der Waals surface area contributed by atoms with Crippen LogP contribution in [0, 0.1) is 6.92 Å². The summed E-state index contributed by atoms with van der Waals surface area (Å²) in [5, 5.41) is 8.08. The highest BCUT2D eigenvalue weighted by atomic mass is 15.2. The van der Waals surface area contributed by atoms with Crippen molar-refractivity contribution in [1.82, 2.24) is 19.9 Å². The second-order valence-corrected chi connectivity index (χ2v) is 5.62. The van der Waals surface area contributed by atoms with Crippen LogP contribution in [-0.2, 0) is 6.54 Å². The van der Waals surface area contributed by atoms with E-state index in [1.807, 2.05) is 23.7 Å². The molecule has 2 aromatic heterocycles. The third kappa shape index (κ3) is 3.13. The lowest BCUT2D eigenvalue weighted by atomic mass is 10.1. The first kappa shape index (κ1) is 12.6. The molecule has 4 nitrogen and oxygen atoms in total. The van der Waals surface area contributed by atoms with Gasteiger partial charge in [-0.1, -0.05) is 25.7 Å². The highest BCUT2D eigenvalue weighted by Gasteiger charge is 2.11. The Balaban J connectivity index is 1.64. The molecular weight excluding hydrogens is 236 g/mol. The quantitative estimate of drug-likeness (QED) is 0.861. The van der Waals surface area contributed by atoms with E-state index in [1.54, 1.807) is 0 Å². The van der Waals surface area contributed by atoms with E-state index in [9.17, 15) is 0 Å². The molecule has 2 aromatic rings. The summed E-state index contributed by atoms with van der Waals surface area (Å²) < 4.78 is 1.87. The maximum atomic E-state index is 4.44. The third-order valence-electron chi connectivity index (χ3n) is 3.94. The van der Waals surface area contributed by atoms with E-state index in [0.717, 1.165) is 17.9 Å². The molecule has 4 heteroatoms. The van der Waals surface area contributed by atoms with Crippen LogP contribution in [-0.4, -0.2) is 20.6 Å². The van der Waals surface area contributed by atoms with Crippen molar-refractivity contribution in [2.45, 2.75) is 58.0 Å². The zero-order valence-electron chi connectivity index (χ0n) is 11.6. The standard InChI is InChI=1S/C15H22N4/c1-12-8-15-17-10-13(11-19(15)18-12)9-16-14-6-4-2-3-5-7-14/h8,10-11,14,16H,2-7,9H2,1H3. The molecule has 0 unspecified atom stereocenters. The van der Waals surface area contributed by atoms with Crippen LogP contribution in [0.3, 0.4) is 0 Å².